The van der Waals surface area contributed by atoms with Gasteiger partial charge in [-0.05, 0) is 18.2 Å². The Morgan fingerprint density at radius 2 is 1.68 bits per heavy atom. The number of aromatic nitrogens is 2. The summed E-state index contributed by atoms with van der Waals surface area (Å²) < 4.78 is 40.1. The van der Waals surface area contributed by atoms with Crippen LogP contribution in [-0.2, 0) is 38.4 Å². The summed E-state index contributed by atoms with van der Waals surface area (Å²) in [5, 5.41) is 29.8. The summed E-state index contributed by atoms with van der Waals surface area (Å²) in [4.78, 5) is 44.8. The molecule has 28 heavy (non-hydrogen) atoms. The second kappa shape index (κ2) is 8.66. The lowest BCUT2D eigenvalue weighted by atomic mass is 10.0. The third kappa shape index (κ3) is 6.21. The van der Waals surface area contributed by atoms with Crippen molar-refractivity contribution in [3.8, 4) is 0 Å². The first-order valence-corrected chi connectivity index (χ1v) is 12.7. The van der Waals surface area contributed by atoms with Crippen molar-refractivity contribution >= 4 is 34.2 Å². The van der Waals surface area contributed by atoms with E-state index in [1.807, 2.05) is 4.98 Å². The molecule has 1 aromatic rings. The molecule has 2 heterocycles. The van der Waals surface area contributed by atoms with Gasteiger partial charge in [-0.1, -0.05) is 0 Å². The average Bonchev–Trinajstić information content (AvgIpc) is 2.49. The molecule has 1 aromatic heterocycles. The van der Waals surface area contributed by atoms with E-state index in [1.165, 1.54) is 0 Å². The number of aliphatic hydroxyl groups excluding tert-OH is 3. The molecule has 15 nitrogen and oxygen atoms in total. The standard InChI is InChI=1S/C9H15N2O13P3S/c12-5(7(14)6(13)4-3-10-9(16)11-8(4)15)1-2-21-27(28)23-25(17,18)22-26(19,20)24-27/h3,5-7,12-14H,1-2H2,(H,17,18)(H,19,20)(H2,10,11,15,16). The smallest absolute Gasteiger partial charge is 0.390 e. The van der Waals surface area contributed by atoms with Crippen LogP contribution in [0.15, 0.2) is 15.8 Å². The molecular formula is C9H15N2O13P3S. The summed E-state index contributed by atoms with van der Waals surface area (Å²) in [6, 6.07) is 0. The summed E-state index contributed by atoms with van der Waals surface area (Å²) in [6.07, 6.45) is -5.15. The van der Waals surface area contributed by atoms with Gasteiger partial charge in [0.1, 0.15) is 12.2 Å². The Labute approximate surface area is 160 Å². The van der Waals surface area contributed by atoms with Gasteiger partial charge in [-0.25, -0.2) is 22.5 Å². The van der Waals surface area contributed by atoms with Crippen molar-refractivity contribution in [3.63, 3.8) is 0 Å². The van der Waals surface area contributed by atoms with Crippen LogP contribution in [0.1, 0.15) is 18.1 Å². The average molecular weight is 484 g/mol. The molecule has 0 aliphatic carbocycles. The highest BCUT2D eigenvalue weighted by Crippen LogP contribution is 2.80. The molecule has 1 aliphatic rings. The second-order valence-electron chi connectivity index (χ2n) is 5.28. The van der Waals surface area contributed by atoms with Crippen LogP contribution in [0.3, 0.4) is 0 Å². The van der Waals surface area contributed by atoms with Crippen molar-refractivity contribution in [2.24, 2.45) is 0 Å². The quantitative estimate of drug-likeness (QED) is 0.223. The zero-order valence-corrected chi connectivity index (χ0v) is 17.0. The van der Waals surface area contributed by atoms with Crippen LogP contribution < -0.4 is 11.2 Å². The molecule has 0 spiro atoms. The summed E-state index contributed by atoms with van der Waals surface area (Å²) in [5.41, 5.74) is -2.27. The first-order valence-electron chi connectivity index (χ1n) is 7.14. The van der Waals surface area contributed by atoms with E-state index in [2.05, 4.69) is 29.7 Å². The molecular weight excluding hydrogens is 469 g/mol. The van der Waals surface area contributed by atoms with E-state index in [-0.39, 0.29) is 0 Å². The molecule has 0 amide bonds. The molecule has 0 bridgehead atoms. The van der Waals surface area contributed by atoms with Gasteiger partial charge in [-0.15, -0.1) is 0 Å². The summed E-state index contributed by atoms with van der Waals surface area (Å²) in [7, 11) is -10.0. The second-order valence-corrected chi connectivity index (χ2v) is 11.6. The fourth-order valence-corrected chi connectivity index (χ4v) is 8.64. The Hall–Kier alpha value is -0.570. The van der Waals surface area contributed by atoms with E-state index in [0.717, 1.165) is 6.20 Å². The topological polar surface area (TPSA) is 238 Å². The molecule has 1 aliphatic heterocycles. The van der Waals surface area contributed by atoms with Crippen molar-refractivity contribution in [2.75, 3.05) is 6.61 Å². The molecule has 5 unspecified atom stereocenters. The van der Waals surface area contributed by atoms with E-state index in [1.54, 1.807) is 0 Å². The summed E-state index contributed by atoms with van der Waals surface area (Å²) in [5.74, 6) is 0. The van der Waals surface area contributed by atoms with E-state index in [9.17, 15) is 43.8 Å². The predicted molar refractivity (Wildman–Crippen MR) is 92.4 cm³/mol. The Bertz CT molecular complexity index is 948. The highest BCUT2D eigenvalue weighted by Gasteiger charge is 2.51. The number of rotatable bonds is 7. The normalized spacial score (nSPS) is 33.9. The summed E-state index contributed by atoms with van der Waals surface area (Å²) in [6.45, 7) is -4.81. The molecule has 19 heteroatoms. The zero-order chi connectivity index (χ0) is 21.3. The number of hydrogen-bond donors (Lipinski definition) is 7. The van der Waals surface area contributed by atoms with Crippen molar-refractivity contribution in [3.05, 3.63) is 32.6 Å². The summed E-state index contributed by atoms with van der Waals surface area (Å²) >= 11 is 4.65. The largest absolute Gasteiger partial charge is 0.488 e. The van der Waals surface area contributed by atoms with Crippen LogP contribution in [0.5, 0.6) is 0 Å². The molecule has 7 N–H and O–H groups in total. The van der Waals surface area contributed by atoms with E-state index >= 15 is 0 Å². The van der Waals surface area contributed by atoms with Crippen LogP contribution >= 0.6 is 22.4 Å². The lowest BCUT2D eigenvalue weighted by Crippen LogP contribution is -2.37. The van der Waals surface area contributed by atoms with Gasteiger partial charge in [0, 0.05) is 6.20 Å². The predicted octanol–water partition coefficient (Wildman–Crippen LogP) is -1.29. The van der Waals surface area contributed by atoms with Crippen LogP contribution in [0.4, 0.5) is 0 Å². The van der Waals surface area contributed by atoms with E-state index in [0.29, 0.717) is 0 Å². The third-order valence-electron chi connectivity index (χ3n) is 3.16. The first-order chi connectivity index (χ1) is 12.7. The maximum atomic E-state index is 11.6. The number of aliphatic hydroxyl groups is 3. The molecule has 1 fully saturated rings. The lowest BCUT2D eigenvalue weighted by molar-refractivity contribution is -0.0671. The highest BCUT2D eigenvalue weighted by molar-refractivity contribution is 8.11. The van der Waals surface area contributed by atoms with Crippen molar-refractivity contribution in [1.29, 1.82) is 0 Å². The minimum Gasteiger partial charge on any atom is -0.390 e. The molecule has 0 aromatic carbocycles. The van der Waals surface area contributed by atoms with Crippen LogP contribution in [0.2, 0.25) is 0 Å². The van der Waals surface area contributed by atoms with Gasteiger partial charge in [0.05, 0.1) is 18.3 Å². The lowest BCUT2D eigenvalue weighted by Gasteiger charge is -2.30. The maximum absolute atomic E-state index is 11.6. The van der Waals surface area contributed by atoms with Crippen molar-refractivity contribution in [1.82, 2.24) is 9.97 Å². The zero-order valence-electron chi connectivity index (χ0n) is 13.5. The molecule has 5 atom stereocenters. The maximum Gasteiger partial charge on any atom is 0.488 e. The van der Waals surface area contributed by atoms with Crippen LogP contribution in [0, 0.1) is 0 Å². The molecule has 160 valence electrons. The van der Waals surface area contributed by atoms with Crippen molar-refractivity contribution in [2.45, 2.75) is 24.7 Å². The van der Waals surface area contributed by atoms with Gasteiger partial charge >= 0.3 is 28.1 Å². The molecule has 0 saturated carbocycles. The van der Waals surface area contributed by atoms with Gasteiger partial charge in [0.15, 0.2) is 0 Å². The monoisotopic (exact) mass is 484 g/mol. The Morgan fingerprint density at radius 3 is 2.21 bits per heavy atom. The van der Waals surface area contributed by atoms with Crippen LogP contribution in [0.25, 0.3) is 0 Å². The van der Waals surface area contributed by atoms with E-state index < -0.39 is 70.5 Å². The number of nitrogens with one attached hydrogen (secondary N) is 2. The number of aromatic amines is 2. The first kappa shape index (κ1) is 23.7. The Balaban J connectivity index is 1.97. The van der Waals surface area contributed by atoms with Crippen LogP contribution in [-0.4, -0.2) is 53.9 Å². The van der Waals surface area contributed by atoms with Gasteiger partial charge in [-0.2, -0.15) is 4.31 Å². The Morgan fingerprint density at radius 1 is 1.11 bits per heavy atom. The highest BCUT2D eigenvalue weighted by atomic mass is 32.5. The fourth-order valence-electron chi connectivity index (χ4n) is 1.97. The minimum absolute atomic E-state index is 0.433. The SMILES string of the molecule is O=c1[nH]cc(C(O)C(O)C(O)CCOP2(=S)OP(=O)(O)OP(=O)(O)O2)c(=O)[nH]1. The van der Waals surface area contributed by atoms with Crippen molar-refractivity contribution < 1.29 is 51.7 Å². The van der Waals surface area contributed by atoms with Gasteiger partial charge < -0.3 is 34.6 Å². The Kier molecular flexibility index (Phi) is 7.33. The van der Waals surface area contributed by atoms with Gasteiger partial charge in [0.25, 0.3) is 5.56 Å². The van der Waals surface area contributed by atoms with Gasteiger partial charge in [-0.3, -0.25) is 9.78 Å². The van der Waals surface area contributed by atoms with E-state index in [4.69, 9.17) is 4.52 Å². The molecule has 2 rings (SSSR count). The number of H-pyrrole nitrogens is 2. The van der Waals surface area contributed by atoms with Gasteiger partial charge in [0.2, 0.25) is 0 Å². The fraction of sp³-hybridized carbons (Fsp3) is 0.556. The third-order valence-corrected chi connectivity index (χ3v) is 10.1. The number of phosphoric acid groups is 2. The molecule has 0 radical (unpaired) electrons. The molecule has 1 saturated heterocycles. The number of hydrogen-bond acceptors (Lipinski definition) is 12. The minimum atomic E-state index is -5.02.